The second-order valence-corrected chi connectivity index (χ2v) is 6.25. The van der Waals surface area contributed by atoms with Crippen LogP contribution >= 0.6 is 0 Å². The highest BCUT2D eigenvalue weighted by Gasteiger charge is 2.35. The molecule has 0 bridgehead atoms. The third-order valence-electron chi connectivity index (χ3n) is 4.38. The van der Waals surface area contributed by atoms with Crippen LogP contribution in [0.25, 0.3) is 0 Å². The van der Waals surface area contributed by atoms with Crippen LogP contribution in [0.3, 0.4) is 0 Å². The van der Waals surface area contributed by atoms with Crippen LogP contribution in [-0.4, -0.2) is 49.0 Å². The zero-order valence-electron chi connectivity index (χ0n) is 15.4. The van der Waals surface area contributed by atoms with Gasteiger partial charge in [-0.15, -0.1) is 0 Å². The fraction of sp³-hybridized carbons (Fsp3) is 0.526. The molecule has 1 aliphatic heterocycles. The number of hydrogen-bond acceptors (Lipinski definition) is 5. The van der Waals surface area contributed by atoms with Crippen molar-refractivity contribution >= 4 is 17.9 Å². The molecule has 26 heavy (non-hydrogen) atoms. The fourth-order valence-corrected chi connectivity index (χ4v) is 3.24. The Bertz CT molecular complexity index is 620. The highest BCUT2D eigenvalue weighted by atomic mass is 16.5. The first-order chi connectivity index (χ1) is 12.6. The second kappa shape index (κ2) is 9.91. The SMILES string of the molecule is CCNC(=O)NC(=O)C(c1ccccc1)N1CCCC(C(=O)OCC)C1. The Labute approximate surface area is 154 Å². The van der Waals surface area contributed by atoms with Crippen molar-refractivity contribution in [3.05, 3.63) is 35.9 Å². The van der Waals surface area contributed by atoms with E-state index in [0.717, 1.165) is 18.4 Å². The molecule has 2 rings (SSSR count). The van der Waals surface area contributed by atoms with Gasteiger partial charge in [-0.25, -0.2) is 4.79 Å². The van der Waals surface area contributed by atoms with E-state index in [-0.39, 0.29) is 11.9 Å². The summed E-state index contributed by atoms with van der Waals surface area (Å²) in [6.45, 7) is 5.46. The Morgan fingerprint density at radius 2 is 1.96 bits per heavy atom. The number of imide groups is 1. The number of urea groups is 1. The van der Waals surface area contributed by atoms with Crippen molar-refractivity contribution in [3.8, 4) is 0 Å². The van der Waals surface area contributed by atoms with E-state index < -0.39 is 18.0 Å². The molecule has 7 heteroatoms. The molecule has 0 spiro atoms. The van der Waals surface area contributed by atoms with Gasteiger partial charge in [0, 0.05) is 13.1 Å². The van der Waals surface area contributed by atoms with E-state index in [1.165, 1.54) is 0 Å². The van der Waals surface area contributed by atoms with Crippen molar-refractivity contribution in [1.82, 2.24) is 15.5 Å². The molecule has 7 nitrogen and oxygen atoms in total. The van der Waals surface area contributed by atoms with Crippen molar-refractivity contribution in [1.29, 1.82) is 0 Å². The summed E-state index contributed by atoms with van der Waals surface area (Å²) in [5.41, 5.74) is 0.791. The van der Waals surface area contributed by atoms with Crippen molar-refractivity contribution in [3.63, 3.8) is 0 Å². The summed E-state index contributed by atoms with van der Waals surface area (Å²) in [7, 11) is 0. The number of carbonyl (C=O) groups excluding carboxylic acids is 3. The highest BCUT2D eigenvalue weighted by molar-refractivity contribution is 5.97. The van der Waals surface area contributed by atoms with E-state index in [0.29, 0.717) is 26.2 Å². The summed E-state index contributed by atoms with van der Waals surface area (Å²) in [4.78, 5) is 38.7. The fourth-order valence-electron chi connectivity index (χ4n) is 3.24. The normalized spacial score (nSPS) is 18.6. The Kier molecular flexibility index (Phi) is 7.59. The van der Waals surface area contributed by atoms with Crippen LogP contribution in [0.15, 0.2) is 30.3 Å². The summed E-state index contributed by atoms with van der Waals surface area (Å²) >= 11 is 0. The van der Waals surface area contributed by atoms with Gasteiger partial charge in [0.2, 0.25) is 5.91 Å². The molecule has 2 atom stereocenters. The topological polar surface area (TPSA) is 87.7 Å². The highest BCUT2D eigenvalue weighted by Crippen LogP contribution is 2.28. The Hall–Kier alpha value is -2.41. The van der Waals surface area contributed by atoms with Crippen LogP contribution < -0.4 is 10.6 Å². The molecule has 1 aromatic rings. The largest absolute Gasteiger partial charge is 0.466 e. The number of nitrogens with one attached hydrogen (secondary N) is 2. The summed E-state index contributed by atoms with van der Waals surface area (Å²) in [5, 5.41) is 4.97. The second-order valence-electron chi connectivity index (χ2n) is 6.25. The van der Waals surface area contributed by atoms with Crippen molar-refractivity contribution in [2.24, 2.45) is 5.92 Å². The van der Waals surface area contributed by atoms with E-state index >= 15 is 0 Å². The number of amides is 3. The predicted octanol–water partition coefficient (Wildman–Crippen LogP) is 1.85. The minimum atomic E-state index is -0.629. The molecular weight excluding hydrogens is 334 g/mol. The molecule has 1 aromatic carbocycles. The van der Waals surface area contributed by atoms with Crippen molar-refractivity contribution in [2.75, 3.05) is 26.2 Å². The van der Waals surface area contributed by atoms with E-state index in [9.17, 15) is 14.4 Å². The third-order valence-corrected chi connectivity index (χ3v) is 4.38. The lowest BCUT2D eigenvalue weighted by Crippen LogP contribution is -2.49. The number of nitrogens with zero attached hydrogens (tertiary/aromatic N) is 1. The van der Waals surface area contributed by atoms with Crippen LogP contribution in [0.5, 0.6) is 0 Å². The van der Waals surface area contributed by atoms with Gasteiger partial charge in [0.1, 0.15) is 6.04 Å². The molecule has 0 aromatic heterocycles. The molecule has 0 aliphatic carbocycles. The van der Waals surface area contributed by atoms with Gasteiger partial charge in [-0.3, -0.25) is 19.8 Å². The Morgan fingerprint density at radius 1 is 1.23 bits per heavy atom. The maximum absolute atomic E-state index is 12.8. The summed E-state index contributed by atoms with van der Waals surface area (Å²) < 4.78 is 5.14. The monoisotopic (exact) mass is 361 g/mol. The lowest BCUT2D eigenvalue weighted by molar-refractivity contribution is -0.151. The molecule has 1 heterocycles. The van der Waals surface area contributed by atoms with Crippen LogP contribution in [0.2, 0.25) is 0 Å². The lowest BCUT2D eigenvalue weighted by atomic mass is 9.94. The molecule has 1 aliphatic rings. The first kappa shape index (κ1) is 19.9. The molecule has 142 valence electrons. The summed E-state index contributed by atoms with van der Waals surface area (Å²) in [6.07, 6.45) is 1.54. The van der Waals surface area contributed by atoms with Gasteiger partial charge in [0.25, 0.3) is 0 Å². The van der Waals surface area contributed by atoms with Crippen LogP contribution in [0.1, 0.15) is 38.3 Å². The Balaban J connectivity index is 2.19. The smallest absolute Gasteiger partial charge is 0.321 e. The molecular formula is C19H27N3O4. The first-order valence-electron chi connectivity index (χ1n) is 9.11. The third kappa shape index (κ3) is 5.29. The average molecular weight is 361 g/mol. The van der Waals surface area contributed by atoms with Gasteiger partial charge in [-0.2, -0.15) is 0 Å². The molecule has 2 N–H and O–H groups in total. The predicted molar refractivity (Wildman–Crippen MR) is 97.3 cm³/mol. The van der Waals surface area contributed by atoms with Crippen molar-refractivity contribution in [2.45, 2.75) is 32.7 Å². The quantitative estimate of drug-likeness (QED) is 0.755. The van der Waals surface area contributed by atoms with Crippen molar-refractivity contribution < 1.29 is 19.1 Å². The maximum Gasteiger partial charge on any atom is 0.321 e. The lowest BCUT2D eigenvalue weighted by Gasteiger charge is -2.36. The molecule has 0 saturated carbocycles. The van der Waals surface area contributed by atoms with Gasteiger partial charge >= 0.3 is 12.0 Å². The van der Waals surface area contributed by atoms with E-state index in [1.807, 2.05) is 35.2 Å². The maximum atomic E-state index is 12.8. The average Bonchev–Trinajstić information content (AvgIpc) is 2.63. The van der Waals surface area contributed by atoms with Gasteiger partial charge in [0.15, 0.2) is 0 Å². The number of benzene rings is 1. The zero-order valence-corrected chi connectivity index (χ0v) is 15.4. The molecule has 1 saturated heterocycles. The number of esters is 1. The number of piperidine rings is 1. The molecule has 3 amide bonds. The van der Waals surface area contributed by atoms with E-state index in [1.54, 1.807) is 13.8 Å². The van der Waals surface area contributed by atoms with Crippen LogP contribution in [0.4, 0.5) is 4.79 Å². The zero-order chi connectivity index (χ0) is 18.9. The number of rotatable bonds is 6. The number of hydrogen-bond donors (Lipinski definition) is 2. The van der Waals surface area contributed by atoms with Gasteiger partial charge in [-0.05, 0) is 38.8 Å². The Morgan fingerprint density at radius 3 is 2.62 bits per heavy atom. The van der Waals surface area contributed by atoms with Gasteiger partial charge in [-0.1, -0.05) is 30.3 Å². The summed E-state index contributed by atoms with van der Waals surface area (Å²) in [5.74, 6) is -0.882. The standard InChI is InChI=1S/C19H27N3O4/c1-3-20-19(25)21-17(23)16(14-9-6-5-7-10-14)22-12-8-11-15(13-22)18(24)26-4-2/h5-7,9-10,15-16H,3-4,8,11-13H2,1-2H3,(H2,20,21,23,25). The molecule has 2 unspecified atom stereocenters. The molecule has 1 fully saturated rings. The number of ether oxygens (including phenoxy) is 1. The summed E-state index contributed by atoms with van der Waals surface area (Å²) in [6, 6.07) is 8.16. The van der Waals surface area contributed by atoms with Gasteiger partial charge < -0.3 is 10.1 Å². The number of carbonyl (C=O) groups is 3. The minimum absolute atomic E-state index is 0.229. The minimum Gasteiger partial charge on any atom is -0.466 e. The van der Waals surface area contributed by atoms with E-state index in [2.05, 4.69) is 10.6 Å². The van der Waals surface area contributed by atoms with E-state index in [4.69, 9.17) is 4.74 Å². The van der Waals surface area contributed by atoms with Crippen LogP contribution in [0, 0.1) is 5.92 Å². The number of likely N-dealkylation sites (tertiary alicyclic amines) is 1. The van der Waals surface area contributed by atoms with Gasteiger partial charge in [0.05, 0.1) is 12.5 Å². The van der Waals surface area contributed by atoms with Crippen LogP contribution in [-0.2, 0) is 14.3 Å². The molecule has 0 radical (unpaired) electrons. The first-order valence-corrected chi connectivity index (χ1v) is 9.11.